The van der Waals surface area contributed by atoms with E-state index in [1.54, 1.807) is 0 Å². The number of carbonyl (C=O) groups excluding carboxylic acids is 6. The molecule has 0 heterocycles. The quantitative estimate of drug-likeness (QED) is 0.262. The molecule has 0 fully saturated rings. The van der Waals surface area contributed by atoms with E-state index in [4.69, 9.17) is 0 Å². The lowest BCUT2D eigenvalue weighted by Crippen LogP contribution is -2.21. The van der Waals surface area contributed by atoms with E-state index in [2.05, 4.69) is 9.47 Å². The molecule has 0 unspecified atom stereocenters. The molecule has 0 saturated carbocycles. The summed E-state index contributed by atoms with van der Waals surface area (Å²) in [7, 11) is 0. The molecule has 0 aliphatic carbocycles. The molecule has 0 bridgehead atoms. The Kier molecular flexibility index (Phi) is 8.01. The van der Waals surface area contributed by atoms with Crippen molar-refractivity contribution in [3.05, 3.63) is 35.4 Å². The predicted molar refractivity (Wildman–Crippen MR) is 87.6 cm³/mol. The lowest BCUT2D eigenvalue weighted by molar-refractivity contribution is -0.153. The van der Waals surface area contributed by atoms with Crippen LogP contribution in [-0.4, -0.2) is 48.3 Å². The highest BCUT2D eigenvalue weighted by Gasteiger charge is 2.22. The first kappa shape index (κ1) is 20.9. The first-order valence-electron chi connectivity index (χ1n) is 7.86. The maximum atomic E-state index is 12.0. The van der Waals surface area contributed by atoms with E-state index in [0.29, 0.717) is 0 Å². The van der Waals surface area contributed by atoms with E-state index in [-0.39, 0.29) is 24.3 Å². The average molecular weight is 362 g/mol. The number of hydrogen-bond donors (Lipinski definition) is 0. The van der Waals surface area contributed by atoms with Gasteiger partial charge in [0.1, 0.15) is 0 Å². The van der Waals surface area contributed by atoms with Crippen molar-refractivity contribution in [3.8, 4) is 0 Å². The first-order chi connectivity index (χ1) is 12.3. The van der Waals surface area contributed by atoms with Gasteiger partial charge in [-0.25, -0.2) is 9.59 Å². The number of benzene rings is 1. The zero-order chi connectivity index (χ0) is 19.7. The minimum atomic E-state index is -1.08. The Bertz CT molecular complexity index is 667. The molecule has 0 spiro atoms. The largest absolute Gasteiger partial charge is 0.460 e. The molecular formula is C18H18O8. The molecule has 1 aromatic rings. The van der Waals surface area contributed by atoms with E-state index < -0.39 is 47.9 Å². The van der Waals surface area contributed by atoms with Crippen molar-refractivity contribution >= 4 is 35.1 Å². The van der Waals surface area contributed by atoms with Crippen molar-refractivity contribution in [2.75, 3.05) is 13.2 Å². The second-order valence-electron chi connectivity index (χ2n) is 5.06. The van der Waals surface area contributed by atoms with Crippen LogP contribution in [0.1, 0.15) is 47.4 Å². The van der Waals surface area contributed by atoms with Crippen molar-refractivity contribution in [3.63, 3.8) is 0 Å². The summed E-state index contributed by atoms with van der Waals surface area (Å²) in [6.45, 7) is 3.13. The van der Waals surface area contributed by atoms with Gasteiger partial charge in [-0.2, -0.15) is 0 Å². The summed E-state index contributed by atoms with van der Waals surface area (Å²) in [5.74, 6) is -5.29. The summed E-state index contributed by atoms with van der Waals surface area (Å²) in [6.07, 6.45) is -1.29. The fourth-order valence-electron chi connectivity index (χ4n) is 1.91. The van der Waals surface area contributed by atoms with Gasteiger partial charge in [0.25, 0.3) is 0 Å². The van der Waals surface area contributed by atoms with Crippen LogP contribution in [-0.2, 0) is 28.7 Å². The summed E-state index contributed by atoms with van der Waals surface area (Å²) in [6, 6.07) is 5.18. The molecule has 0 radical (unpaired) electrons. The lowest BCUT2D eigenvalue weighted by Gasteiger charge is -2.04. The highest BCUT2D eigenvalue weighted by Crippen LogP contribution is 2.10. The van der Waals surface area contributed by atoms with Gasteiger partial charge in [-0.3, -0.25) is 19.2 Å². The molecule has 1 aromatic carbocycles. The average Bonchev–Trinajstić information content (AvgIpc) is 2.62. The van der Waals surface area contributed by atoms with E-state index in [1.807, 2.05) is 0 Å². The van der Waals surface area contributed by atoms with Crippen molar-refractivity contribution in [2.24, 2.45) is 0 Å². The molecule has 8 heteroatoms. The summed E-state index contributed by atoms with van der Waals surface area (Å²) < 4.78 is 9.02. The van der Waals surface area contributed by atoms with Gasteiger partial charge in [0.05, 0.1) is 26.1 Å². The SMILES string of the molecule is CCOC(=O)C(=O)CC(=O)c1ccc(C(=O)CC(=O)C(=O)OCC)cc1. The third-order valence-corrected chi connectivity index (χ3v) is 3.18. The highest BCUT2D eigenvalue weighted by atomic mass is 16.5. The molecular weight excluding hydrogens is 344 g/mol. The van der Waals surface area contributed by atoms with Crippen molar-refractivity contribution in [1.82, 2.24) is 0 Å². The molecule has 138 valence electrons. The molecule has 0 amide bonds. The van der Waals surface area contributed by atoms with Gasteiger partial charge in [0.15, 0.2) is 11.6 Å². The molecule has 0 aliphatic heterocycles. The van der Waals surface area contributed by atoms with Crippen LogP contribution in [0.25, 0.3) is 0 Å². The Morgan fingerprint density at radius 2 is 0.962 bits per heavy atom. The number of hydrogen-bond acceptors (Lipinski definition) is 8. The standard InChI is InChI=1S/C18H18O8/c1-3-25-17(23)15(21)9-13(19)11-5-7-12(8-6-11)14(20)10-16(22)18(24)26-4-2/h5-8H,3-4,9-10H2,1-2H3. The number of ether oxygens (including phenoxy) is 2. The Morgan fingerprint density at radius 1 is 0.654 bits per heavy atom. The van der Waals surface area contributed by atoms with Crippen molar-refractivity contribution < 1.29 is 38.2 Å². The maximum absolute atomic E-state index is 12.0. The fraction of sp³-hybridized carbons (Fsp3) is 0.333. The Morgan fingerprint density at radius 3 is 1.23 bits per heavy atom. The third kappa shape index (κ3) is 6.04. The molecule has 0 N–H and O–H groups in total. The molecule has 0 aliphatic rings. The minimum absolute atomic E-state index is 0.0279. The molecule has 0 aromatic heterocycles. The first-order valence-corrected chi connectivity index (χ1v) is 7.86. The minimum Gasteiger partial charge on any atom is -0.460 e. The monoisotopic (exact) mass is 362 g/mol. The van der Waals surface area contributed by atoms with Crippen LogP contribution in [0.4, 0.5) is 0 Å². The van der Waals surface area contributed by atoms with E-state index in [1.165, 1.54) is 38.1 Å². The summed E-state index contributed by atoms with van der Waals surface area (Å²) in [4.78, 5) is 69.3. The predicted octanol–water partition coefficient (Wildman–Crippen LogP) is 1.10. The molecule has 8 nitrogen and oxygen atoms in total. The normalized spacial score (nSPS) is 9.92. The van der Waals surface area contributed by atoms with Crippen LogP contribution in [0, 0.1) is 0 Å². The maximum Gasteiger partial charge on any atom is 0.375 e. The smallest absolute Gasteiger partial charge is 0.375 e. The van der Waals surface area contributed by atoms with Gasteiger partial charge in [-0.05, 0) is 13.8 Å². The molecule has 26 heavy (non-hydrogen) atoms. The fourth-order valence-corrected chi connectivity index (χ4v) is 1.91. The second kappa shape index (κ2) is 9.97. The van der Waals surface area contributed by atoms with Crippen molar-refractivity contribution in [2.45, 2.75) is 26.7 Å². The van der Waals surface area contributed by atoms with Gasteiger partial charge in [-0.15, -0.1) is 0 Å². The third-order valence-electron chi connectivity index (χ3n) is 3.18. The number of carbonyl (C=O) groups is 6. The molecule has 0 atom stereocenters. The van der Waals surface area contributed by atoms with E-state index in [0.717, 1.165) is 0 Å². The number of esters is 2. The zero-order valence-electron chi connectivity index (χ0n) is 14.4. The van der Waals surface area contributed by atoms with Crippen LogP contribution >= 0.6 is 0 Å². The van der Waals surface area contributed by atoms with E-state index >= 15 is 0 Å². The van der Waals surface area contributed by atoms with Crippen LogP contribution in [0.2, 0.25) is 0 Å². The molecule has 0 saturated heterocycles. The number of Topliss-reactive ketones (excluding diaryl/α,β-unsaturated/α-hetero) is 4. The van der Waals surface area contributed by atoms with Crippen LogP contribution in [0.15, 0.2) is 24.3 Å². The van der Waals surface area contributed by atoms with Gasteiger partial charge >= 0.3 is 11.9 Å². The summed E-state index contributed by atoms with van der Waals surface area (Å²) in [5, 5.41) is 0. The number of rotatable bonds is 10. The Labute approximate surface area is 149 Å². The highest BCUT2D eigenvalue weighted by molar-refractivity contribution is 6.38. The van der Waals surface area contributed by atoms with E-state index in [9.17, 15) is 28.8 Å². The van der Waals surface area contributed by atoms with Crippen LogP contribution < -0.4 is 0 Å². The van der Waals surface area contributed by atoms with Gasteiger partial charge in [0, 0.05) is 11.1 Å². The Balaban J connectivity index is 2.70. The van der Waals surface area contributed by atoms with Gasteiger partial charge in [0.2, 0.25) is 11.6 Å². The summed E-state index contributed by atoms with van der Waals surface area (Å²) in [5.41, 5.74) is 0.242. The molecule has 1 rings (SSSR count). The lowest BCUT2D eigenvalue weighted by atomic mass is 10.0. The second-order valence-corrected chi connectivity index (χ2v) is 5.06. The van der Waals surface area contributed by atoms with Crippen LogP contribution in [0.3, 0.4) is 0 Å². The number of ketones is 4. The van der Waals surface area contributed by atoms with Crippen LogP contribution in [0.5, 0.6) is 0 Å². The topological polar surface area (TPSA) is 121 Å². The van der Waals surface area contributed by atoms with Crippen molar-refractivity contribution in [1.29, 1.82) is 0 Å². The zero-order valence-corrected chi connectivity index (χ0v) is 14.4. The van der Waals surface area contributed by atoms with Gasteiger partial charge < -0.3 is 9.47 Å². The van der Waals surface area contributed by atoms with Gasteiger partial charge in [-0.1, -0.05) is 24.3 Å². The Hall–Kier alpha value is -3.16. The summed E-state index contributed by atoms with van der Waals surface area (Å²) >= 11 is 0.